The molecule has 0 heterocycles. The normalized spacial score (nSPS) is 24.3. The van der Waals surface area contributed by atoms with E-state index in [2.05, 4.69) is 27.7 Å². The fourth-order valence-electron chi connectivity index (χ4n) is 3.07. The van der Waals surface area contributed by atoms with Crippen molar-refractivity contribution in [1.29, 1.82) is 0 Å². The largest absolute Gasteiger partial charge is 0.478 e. The molecule has 0 saturated heterocycles. The van der Waals surface area contributed by atoms with Gasteiger partial charge >= 0.3 is 5.97 Å². The Morgan fingerprint density at radius 3 is 2.44 bits per heavy atom. The Hall–Kier alpha value is -1.31. The lowest BCUT2D eigenvalue weighted by Gasteiger charge is -2.12. The van der Waals surface area contributed by atoms with Crippen LogP contribution in [0.25, 0.3) is 0 Å². The molecule has 0 aliphatic heterocycles. The van der Waals surface area contributed by atoms with Gasteiger partial charge in [0.05, 0.1) is 0 Å². The summed E-state index contributed by atoms with van der Waals surface area (Å²) in [7, 11) is 0. The maximum atomic E-state index is 11.2. The number of carboxylic acid groups (broad SMARTS) is 1. The van der Waals surface area contributed by atoms with Gasteiger partial charge in [-0.2, -0.15) is 0 Å². The predicted octanol–water partition coefficient (Wildman–Crippen LogP) is 4.10. The van der Waals surface area contributed by atoms with Crippen LogP contribution in [0.3, 0.4) is 0 Å². The van der Waals surface area contributed by atoms with Crippen molar-refractivity contribution in [3.05, 3.63) is 33.9 Å². The molecule has 1 saturated carbocycles. The molecule has 0 aromatic rings. The van der Waals surface area contributed by atoms with Gasteiger partial charge in [-0.15, -0.1) is 0 Å². The van der Waals surface area contributed by atoms with Gasteiger partial charge in [-0.1, -0.05) is 19.4 Å². The van der Waals surface area contributed by atoms with Crippen LogP contribution in [0, 0.1) is 11.8 Å². The predicted molar refractivity (Wildman–Crippen MR) is 73.3 cm³/mol. The minimum atomic E-state index is -0.782. The van der Waals surface area contributed by atoms with E-state index in [1.54, 1.807) is 0 Å². The van der Waals surface area contributed by atoms with E-state index in [1.807, 2.05) is 6.08 Å². The first-order chi connectivity index (χ1) is 8.40. The molecule has 2 heteroatoms. The topological polar surface area (TPSA) is 37.3 Å². The minimum absolute atomic E-state index is 0.528. The molecule has 0 aromatic carbocycles. The van der Waals surface area contributed by atoms with Crippen molar-refractivity contribution in [3.8, 4) is 0 Å². The summed E-state index contributed by atoms with van der Waals surface area (Å²) in [4.78, 5) is 11.2. The monoisotopic (exact) mass is 246 g/mol. The highest BCUT2D eigenvalue weighted by molar-refractivity contribution is 5.88. The number of hydrogen-bond donors (Lipinski definition) is 1. The number of carboxylic acids is 1. The number of rotatable bonds is 2. The SMILES string of the molecule is CC1=C2CC(C(C)C)CC2=C(C)CC(C(=O)O)=C1. The fourth-order valence-corrected chi connectivity index (χ4v) is 3.07. The van der Waals surface area contributed by atoms with E-state index in [0.717, 1.165) is 24.3 Å². The van der Waals surface area contributed by atoms with Crippen molar-refractivity contribution < 1.29 is 9.90 Å². The number of carbonyl (C=O) groups is 1. The van der Waals surface area contributed by atoms with Crippen molar-refractivity contribution in [1.82, 2.24) is 0 Å². The Bertz CT molecular complexity index is 475. The zero-order chi connectivity index (χ0) is 13.4. The molecular formula is C16H22O2. The summed E-state index contributed by atoms with van der Waals surface area (Å²) in [5.74, 6) is 0.635. The second-order valence-electron chi connectivity index (χ2n) is 5.98. The Morgan fingerprint density at radius 1 is 1.28 bits per heavy atom. The van der Waals surface area contributed by atoms with Crippen molar-refractivity contribution in [2.45, 2.75) is 47.0 Å². The third kappa shape index (κ3) is 2.29. The maximum absolute atomic E-state index is 11.2. The average Bonchev–Trinajstić information content (AvgIpc) is 2.68. The van der Waals surface area contributed by atoms with E-state index in [4.69, 9.17) is 0 Å². The first kappa shape index (κ1) is 13.1. The molecule has 1 N–H and O–H groups in total. The number of fused-ring (bicyclic) bond motifs is 1. The highest BCUT2D eigenvalue weighted by Crippen LogP contribution is 2.44. The zero-order valence-corrected chi connectivity index (χ0v) is 11.7. The summed E-state index contributed by atoms with van der Waals surface area (Å²) in [6, 6.07) is 0. The van der Waals surface area contributed by atoms with Crippen molar-refractivity contribution in [3.63, 3.8) is 0 Å². The number of hydrogen-bond acceptors (Lipinski definition) is 1. The highest BCUT2D eigenvalue weighted by atomic mass is 16.4. The van der Waals surface area contributed by atoms with Gasteiger partial charge < -0.3 is 5.11 Å². The van der Waals surface area contributed by atoms with Crippen LogP contribution in [-0.4, -0.2) is 11.1 Å². The third-order valence-corrected chi connectivity index (χ3v) is 4.35. The summed E-state index contributed by atoms with van der Waals surface area (Å²) >= 11 is 0. The summed E-state index contributed by atoms with van der Waals surface area (Å²) in [5, 5.41) is 9.19. The maximum Gasteiger partial charge on any atom is 0.331 e. The van der Waals surface area contributed by atoms with Crippen molar-refractivity contribution in [2.75, 3.05) is 0 Å². The van der Waals surface area contributed by atoms with Gasteiger partial charge in [0.25, 0.3) is 0 Å². The molecule has 1 fully saturated rings. The second-order valence-corrected chi connectivity index (χ2v) is 5.98. The molecule has 0 bridgehead atoms. The Labute approximate surface area is 109 Å². The average molecular weight is 246 g/mol. The quantitative estimate of drug-likeness (QED) is 0.796. The molecule has 18 heavy (non-hydrogen) atoms. The molecule has 0 amide bonds. The third-order valence-electron chi connectivity index (χ3n) is 4.35. The lowest BCUT2D eigenvalue weighted by atomic mass is 9.93. The van der Waals surface area contributed by atoms with E-state index in [9.17, 15) is 9.90 Å². The van der Waals surface area contributed by atoms with E-state index in [0.29, 0.717) is 17.9 Å². The van der Waals surface area contributed by atoms with Crippen molar-refractivity contribution in [2.24, 2.45) is 11.8 Å². The molecule has 1 unspecified atom stereocenters. The number of allylic oxidation sites excluding steroid dienone is 5. The Morgan fingerprint density at radius 2 is 1.89 bits per heavy atom. The summed E-state index contributed by atoms with van der Waals surface area (Å²) in [6.45, 7) is 8.70. The fraction of sp³-hybridized carbons (Fsp3) is 0.562. The lowest BCUT2D eigenvalue weighted by molar-refractivity contribution is -0.132. The molecule has 98 valence electrons. The number of aliphatic carboxylic acids is 1. The lowest BCUT2D eigenvalue weighted by Crippen LogP contribution is -2.04. The van der Waals surface area contributed by atoms with Gasteiger partial charge in [0.1, 0.15) is 0 Å². The molecule has 0 radical (unpaired) electrons. The Kier molecular flexibility index (Phi) is 3.47. The zero-order valence-electron chi connectivity index (χ0n) is 11.7. The first-order valence-electron chi connectivity index (χ1n) is 6.72. The van der Waals surface area contributed by atoms with Gasteiger partial charge in [0, 0.05) is 12.0 Å². The summed E-state index contributed by atoms with van der Waals surface area (Å²) in [6.07, 6.45) is 4.70. The van der Waals surface area contributed by atoms with Gasteiger partial charge in [0.2, 0.25) is 0 Å². The van der Waals surface area contributed by atoms with Crippen molar-refractivity contribution >= 4 is 5.97 Å². The van der Waals surface area contributed by atoms with Crippen LogP contribution < -0.4 is 0 Å². The molecule has 2 aliphatic carbocycles. The molecule has 1 atom stereocenters. The van der Waals surface area contributed by atoms with E-state index in [-0.39, 0.29) is 0 Å². The van der Waals surface area contributed by atoms with E-state index in [1.165, 1.54) is 16.7 Å². The standard InChI is InChI=1S/C16H22O2/c1-9(2)12-7-14-10(3)5-13(16(17)18)6-11(4)15(14)8-12/h5,9,12H,6-8H2,1-4H3,(H,17,18). The molecule has 0 aromatic heterocycles. The van der Waals surface area contributed by atoms with Crippen LogP contribution in [0.1, 0.15) is 47.0 Å². The second kappa shape index (κ2) is 4.75. The Balaban J connectivity index is 2.43. The van der Waals surface area contributed by atoms with Gasteiger partial charge in [-0.05, 0) is 61.3 Å². The summed E-state index contributed by atoms with van der Waals surface area (Å²) in [5.41, 5.74) is 5.77. The van der Waals surface area contributed by atoms with Crippen LogP contribution >= 0.6 is 0 Å². The van der Waals surface area contributed by atoms with Crippen LogP contribution in [0.2, 0.25) is 0 Å². The smallest absolute Gasteiger partial charge is 0.331 e. The molecule has 2 nitrogen and oxygen atoms in total. The molecular weight excluding hydrogens is 224 g/mol. The van der Waals surface area contributed by atoms with Gasteiger partial charge in [-0.3, -0.25) is 0 Å². The van der Waals surface area contributed by atoms with E-state index >= 15 is 0 Å². The van der Waals surface area contributed by atoms with E-state index < -0.39 is 5.97 Å². The molecule has 2 aliphatic rings. The summed E-state index contributed by atoms with van der Waals surface area (Å²) < 4.78 is 0. The molecule has 0 spiro atoms. The minimum Gasteiger partial charge on any atom is -0.478 e. The van der Waals surface area contributed by atoms with Crippen LogP contribution in [0.4, 0.5) is 0 Å². The van der Waals surface area contributed by atoms with Crippen LogP contribution in [0.15, 0.2) is 33.9 Å². The van der Waals surface area contributed by atoms with Gasteiger partial charge in [-0.25, -0.2) is 4.79 Å². The first-order valence-corrected chi connectivity index (χ1v) is 6.72. The molecule has 2 rings (SSSR count). The van der Waals surface area contributed by atoms with Crippen LogP contribution in [0.5, 0.6) is 0 Å². The highest BCUT2D eigenvalue weighted by Gasteiger charge is 2.30. The van der Waals surface area contributed by atoms with Gasteiger partial charge in [0.15, 0.2) is 0 Å². The van der Waals surface area contributed by atoms with Crippen LogP contribution in [-0.2, 0) is 4.79 Å².